The molecule has 2 aromatic carbocycles. The highest BCUT2D eigenvalue weighted by Crippen LogP contribution is 2.53. The van der Waals surface area contributed by atoms with E-state index in [-0.39, 0.29) is 17.3 Å². The monoisotopic (exact) mass is 485 g/mol. The topological polar surface area (TPSA) is 92.3 Å². The van der Waals surface area contributed by atoms with Gasteiger partial charge in [-0.3, -0.25) is 0 Å². The molecule has 176 valence electrons. The molecule has 1 unspecified atom stereocenters. The van der Waals surface area contributed by atoms with Crippen LogP contribution in [0.2, 0.25) is 0 Å². The van der Waals surface area contributed by atoms with Crippen molar-refractivity contribution in [1.29, 1.82) is 0 Å². The number of carbonyl (C=O) groups excluding carboxylic acids is 2. The van der Waals surface area contributed by atoms with Gasteiger partial charge in [0.05, 0.1) is 5.69 Å². The van der Waals surface area contributed by atoms with Crippen LogP contribution in [0.15, 0.2) is 66.9 Å². The molecule has 35 heavy (non-hydrogen) atoms. The molecule has 6 rings (SSSR count). The molecular formula is C27H25N4O3S+. The van der Waals surface area contributed by atoms with E-state index in [1.165, 1.54) is 6.42 Å². The molecule has 8 heteroatoms. The molecule has 0 radical (unpaired) electrons. The van der Waals surface area contributed by atoms with Crippen LogP contribution in [0.1, 0.15) is 32.1 Å². The number of thiophene rings is 1. The van der Waals surface area contributed by atoms with E-state index in [4.69, 9.17) is 4.74 Å². The minimum atomic E-state index is -0.974. The predicted octanol–water partition coefficient (Wildman–Crippen LogP) is 7.29. The van der Waals surface area contributed by atoms with Gasteiger partial charge in [-0.1, -0.05) is 37.5 Å². The van der Waals surface area contributed by atoms with Gasteiger partial charge in [0.25, 0.3) is 4.83 Å². The molecule has 0 spiro atoms. The van der Waals surface area contributed by atoms with Gasteiger partial charge in [0.2, 0.25) is 4.88 Å². The third-order valence-electron chi connectivity index (χ3n) is 6.49. The van der Waals surface area contributed by atoms with Crippen molar-refractivity contribution >= 4 is 43.3 Å². The molecule has 0 saturated heterocycles. The number of para-hydroxylation sites is 1. The highest BCUT2D eigenvalue weighted by Gasteiger charge is 2.40. The minimum absolute atomic E-state index is 0.0476. The van der Waals surface area contributed by atoms with Gasteiger partial charge >= 0.3 is 11.3 Å². The summed E-state index contributed by atoms with van der Waals surface area (Å²) in [5.41, 5.74) is 2.19. The molecule has 1 saturated carbocycles. The lowest BCUT2D eigenvalue weighted by atomic mass is 9.96. The summed E-state index contributed by atoms with van der Waals surface area (Å²) >= 11 is 0. The van der Waals surface area contributed by atoms with Gasteiger partial charge in [0.15, 0.2) is 0 Å². The van der Waals surface area contributed by atoms with Crippen LogP contribution in [-0.4, -0.2) is 22.3 Å². The van der Waals surface area contributed by atoms with Crippen LogP contribution in [-0.2, 0) is 0 Å². The number of anilines is 2. The first-order valence-corrected chi connectivity index (χ1v) is 13.1. The summed E-state index contributed by atoms with van der Waals surface area (Å²) in [6, 6.07) is 18.9. The number of pyridine rings is 1. The summed E-state index contributed by atoms with van der Waals surface area (Å²) < 4.78 is 5.95. The lowest BCUT2D eigenvalue weighted by Gasteiger charge is -2.20. The molecule has 1 aliphatic heterocycles. The first-order chi connectivity index (χ1) is 17.2. The fourth-order valence-corrected chi connectivity index (χ4v) is 7.01. The highest BCUT2D eigenvalue weighted by atomic mass is 32.2. The Bertz CT molecular complexity index is 1410. The molecule has 7 nitrogen and oxygen atoms in total. The molecule has 1 atom stereocenters. The van der Waals surface area contributed by atoms with Gasteiger partial charge in [0.1, 0.15) is 33.0 Å². The molecule has 4 aromatic rings. The number of amides is 3. The van der Waals surface area contributed by atoms with Gasteiger partial charge in [0, 0.05) is 17.8 Å². The lowest BCUT2D eigenvalue weighted by Crippen LogP contribution is -2.34. The number of rotatable bonds is 5. The molecule has 3 heterocycles. The fraction of sp³-hybridized carbons (Fsp3) is 0.222. The first-order valence-electron chi connectivity index (χ1n) is 11.9. The van der Waals surface area contributed by atoms with E-state index in [1.54, 1.807) is 12.3 Å². The van der Waals surface area contributed by atoms with E-state index in [2.05, 4.69) is 20.9 Å². The second-order valence-electron chi connectivity index (χ2n) is 8.83. The molecule has 0 bridgehead atoms. The Morgan fingerprint density at radius 3 is 2.46 bits per heavy atom. The fourth-order valence-electron chi connectivity index (χ4n) is 4.86. The maximum atomic E-state index is 13.7. The average molecular weight is 486 g/mol. The van der Waals surface area contributed by atoms with E-state index in [9.17, 15) is 9.59 Å². The van der Waals surface area contributed by atoms with Crippen molar-refractivity contribution in [2.45, 2.75) is 38.1 Å². The Hall–Kier alpha value is -3.91. The molecule has 3 amide bonds. The smallest absolute Gasteiger partial charge is 0.457 e. The maximum absolute atomic E-state index is 13.7. The number of urea groups is 1. The maximum Gasteiger partial charge on any atom is 0.458 e. The predicted molar refractivity (Wildman–Crippen MR) is 140 cm³/mol. The SMILES string of the molecule is O=C1Nc2ccnc3c2c(c(-c2ccc(Oc4ccccc4)cc2)[s+]3C(=O)NC2CCCCC2)N1. The van der Waals surface area contributed by atoms with Gasteiger partial charge in [-0.25, -0.2) is 14.6 Å². The van der Waals surface area contributed by atoms with Crippen LogP contribution < -0.4 is 20.7 Å². The van der Waals surface area contributed by atoms with E-state index >= 15 is 0 Å². The highest BCUT2D eigenvalue weighted by molar-refractivity contribution is 7.58. The van der Waals surface area contributed by atoms with Gasteiger partial charge in [-0.05, 0) is 55.3 Å². The Balaban J connectivity index is 1.44. The number of hydrogen-bond acceptors (Lipinski definition) is 4. The lowest BCUT2D eigenvalue weighted by molar-refractivity contribution is 0.252. The summed E-state index contributed by atoms with van der Waals surface area (Å²) in [6.45, 7) is 0. The van der Waals surface area contributed by atoms with E-state index in [0.29, 0.717) is 22.0 Å². The van der Waals surface area contributed by atoms with Crippen molar-refractivity contribution in [2.75, 3.05) is 10.6 Å². The molecule has 1 aliphatic carbocycles. The number of hydrogen-bond donors (Lipinski definition) is 3. The number of carbonyl (C=O) groups is 2. The summed E-state index contributed by atoms with van der Waals surface area (Å²) in [4.78, 5) is 32.3. The second-order valence-corrected chi connectivity index (χ2v) is 10.6. The summed E-state index contributed by atoms with van der Waals surface area (Å²) in [5, 5.41) is 9.83. The number of benzene rings is 2. The van der Waals surface area contributed by atoms with Crippen LogP contribution >= 0.6 is 10.5 Å². The van der Waals surface area contributed by atoms with E-state index < -0.39 is 10.5 Å². The standard InChI is InChI=1S/C27H24N4O3S/c32-26-30-21-15-16-28-25-22(21)23(31-26)24(35(25)27(33)29-18-7-3-1-4-8-18)17-11-13-20(14-12-17)34-19-9-5-2-6-10-19/h2,5-6,9-16,18H,1,3-4,7-8H2,(H2-,28,29,30,31,32,33)/p+1. The van der Waals surface area contributed by atoms with Crippen molar-refractivity contribution in [1.82, 2.24) is 10.3 Å². The largest absolute Gasteiger partial charge is 0.458 e. The van der Waals surface area contributed by atoms with Gasteiger partial charge in [-0.15, -0.1) is 0 Å². The summed E-state index contributed by atoms with van der Waals surface area (Å²) in [6.07, 6.45) is 7.14. The minimum Gasteiger partial charge on any atom is -0.457 e. The van der Waals surface area contributed by atoms with Gasteiger partial charge < -0.3 is 20.7 Å². The van der Waals surface area contributed by atoms with Crippen LogP contribution in [0.25, 0.3) is 20.7 Å². The Morgan fingerprint density at radius 2 is 1.69 bits per heavy atom. The van der Waals surface area contributed by atoms with Crippen LogP contribution in [0.4, 0.5) is 21.0 Å². The van der Waals surface area contributed by atoms with E-state index in [0.717, 1.165) is 47.3 Å². The molecule has 1 fully saturated rings. The third-order valence-corrected chi connectivity index (χ3v) is 8.52. The van der Waals surface area contributed by atoms with Crippen LogP contribution in [0.5, 0.6) is 11.5 Å². The van der Waals surface area contributed by atoms with Crippen molar-refractivity contribution in [2.24, 2.45) is 0 Å². The zero-order chi connectivity index (χ0) is 23.8. The number of nitrogens with zero attached hydrogens (tertiary/aromatic N) is 1. The first kappa shape index (κ1) is 21.6. The van der Waals surface area contributed by atoms with Crippen molar-refractivity contribution < 1.29 is 14.3 Å². The molecular weight excluding hydrogens is 460 g/mol. The van der Waals surface area contributed by atoms with Gasteiger partial charge in [-0.2, -0.15) is 0 Å². The third kappa shape index (κ3) is 4.10. The number of aromatic nitrogens is 1. The summed E-state index contributed by atoms with van der Waals surface area (Å²) in [5.74, 6) is 1.45. The quantitative estimate of drug-likeness (QED) is 0.259. The van der Waals surface area contributed by atoms with Crippen LogP contribution in [0.3, 0.4) is 0 Å². The Labute approximate surface area is 205 Å². The Morgan fingerprint density at radius 1 is 0.943 bits per heavy atom. The van der Waals surface area contributed by atoms with Crippen molar-refractivity contribution in [3.8, 4) is 21.9 Å². The number of ether oxygens (including phenoxy) is 1. The molecule has 2 aliphatic rings. The zero-order valence-electron chi connectivity index (χ0n) is 19.0. The Kier molecular flexibility index (Phi) is 5.58. The second kappa shape index (κ2) is 9.03. The molecule has 2 aromatic heterocycles. The van der Waals surface area contributed by atoms with E-state index in [1.807, 2.05) is 54.6 Å². The summed E-state index contributed by atoms with van der Waals surface area (Å²) in [7, 11) is -0.974. The normalized spacial score (nSPS) is 15.9. The average Bonchev–Trinajstić information content (AvgIpc) is 3.21. The van der Waals surface area contributed by atoms with Crippen molar-refractivity contribution in [3.63, 3.8) is 0 Å². The zero-order valence-corrected chi connectivity index (χ0v) is 19.9. The van der Waals surface area contributed by atoms with Crippen LogP contribution in [0, 0.1) is 0 Å². The molecule has 3 N–H and O–H groups in total. The van der Waals surface area contributed by atoms with Crippen molar-refractivity contribution in [3.05, 3.63) is 66.9 Å². The number of nitrogens with one attached hydrogen (secondary N) is 3.